The van der Waals surface area contributed by atoms with E-state index in [1.54, 1.807) is 6.33 Å². The Hall–Kier alpha value is -1.44. The van der Waals surface area contributed by atoms with Crippen molar-refractivity contribution < 1.29 is 20.9 Å². The van der Waals surface area contributed by atoms with E-state index in [-0.39, 0.29) is 11.0 Å². The zero-order valence-corrected chi connectivity index (χ0v) is 7.37. The second-order valence-corrected chi connectivity index (χ2v) is 2.80. The van der Waals surface area contributed by atoms with E-state index in [2.05, 4.69) is 15.3 Å². The van der Waals surface area contributed by atoms with Gasteiger partial charge in [-0.1, -0.05) is 0 Å². The first kappa shape index (κ1) is 12.6. The molecule has 1 aliphatic rings. The number of aromatic nitrogens is 2. The van der Waals surface area contributed by atoms with E-state index >= 15 is 0 Å². The van der Waals surface area contributed by atoms with Crippen molar-refractivity contribution in [1.29, 1.82) is 0 Å². The van der Waals surface area contributed by atoms with Crippen molar-refractivity contribution in [2.45, 2.75) is 19.0 Å². The number of aliphatic carboxylic acids is 1. The van der Waals surface area contributed by atoms with Gasteiger partial charge in [-0.15, -0.1) is 0 Å². The van der Waals surface area contributed by atoms with Gasteiger partial charge in [-0.2, -0.15) is 0 Å². The van der Waals surface area contributed by atoms with Crippen molar-refractivity contribution in [3.05, 3.63) is 17.7 Å². The Morgan fingerprint density at radius 3 is 2.93 bits per heavy atom. The first-order valence-electron chi connectivity index (χ1n) is 3.74. The molecule has 0 amide bonds. The van der Waals surface area contributed by atoms with E-state index in [9.17, 15) is 4.79 Å². The van der Waals surface area contributed by atoms with Crippen molar-refractivity contribution in [1.82, 2.24) is 15.3 Å². The maximum Gasteiger partial charge on any atom is 0.321 e. The van der Waals surface area contributed by atoms with Crippen molar-refractivity contribution in [3.8, 4) is 0 Å². The van der Waals surface area contributed by atoms with E-state index in [0.29, 0.717) is 13.0 Å². The van der Waals surface area contributed by atoms with E-state index in [1.807, 2.05) is 0 Å². The average molecular weight is 203 g/mol. The monoisotopic (exact) mass is 203 g/mol. The third-order valence-electron chi connectivity index (χ3n) is 2.03. The largest absolute Gasteiger partial charge is 0.480 e. The fourth-order valence-corrected chi connectivity index (χ4v) is 1.34. The van der Waals surface area contributed by atoms with Crippen LogP contribution in [0.5, 0.6) is 0 Å². The van der Waals surface area contributed by atoms with Crippen LogP contribution < -0.4 is 5.32 Å². The molecule has 1 atom stereocenters. The van der Waals surface area contributed by atoms with Gasteiger partial charge >= 0.3 is 5.97 Å². The molecule has 0 aromatic carbocycles. The molecule has 1 unspecified atom stereocenters. The highest BCUT2D eigenvalue weighted by Gasteiger charge is 2.24. The van der Waals surface area contributed by atoms with Crippen molar-refractivity contribution in [3.63, 3.8) is 0 Å². The van der Waals surface area contributed by atoms with Gasteiger partial charge in [0.2, 0.25) is 0 Å². The molecule has 0 aliphatic carbocycles. The van der Waals surface area contributed by atoms with Crippen molar-refractivity contribution in [2.75, 3.05) is 0 Å². The van der Waals surface area contributed by atoms with Gasteiger partial charge in [0.15, 0.2) is 0 Å². The van der Waals surface area contributed by atoms with E-state index in [4.69, 9.17) is 5.11 Å². The Bertz CT molecular complexity index is 312. The zero-order valence-electron chi connectivity index (χ0n) is 7.37. The Labute approximate surface area is 79.8 Å². The van der Waals surface area contributed by atoms with Gasteiger partial charge in [0.05, 0.1) is 17.7 Å². The summed E-state index contributed by atoms with van der Waals surface area (Å²) in [6.07, 6.45) is 2.06. The number of carboxylic acids is 1. The summed E-state index contributed by atoms with van der Waals surface area (Å²) >= 11 is 0. The van der Waals surface area contributed by atoms with Gasteiger partial charge in [-0.3, -0.25) is 10.1 Å². The van der Waals surface area contributed by atoms with Gasteiger partial charge < -0.3 is 21.0 Å². The summed E-state index contributed by atoms with van der Waals surface area (Å²) in [4.78, 5) is 17.6. The summed E-state index contributed by atoms with van der Waals surface area (Å²) in [5, 5.41) is 11.6. The predicted octanol–water partition coefficient (Wildman–Crippen LogP) is -2.14. The van der Waals surface area contributed by atoms with Crippen LogP contribution in [0.1, 0.15) is 11.4 Å². The predicted molar refractivity (Wildman–Crippen MR) is 47.8 cm³/mol. The summed E-state index contributed by atoms with van der Waals surface area (Å²) in [6.45, 7) is 0.562. The third-order valence-corrected chi connectivity index (χ3v) is 2.03. The lowest BCUT2D eigenvalue weighted by Gasteiger charge is -2.18. The first-order chi connectivity index (χ1) is 5.77. The van der Waals surface area contributed by atoms with E-state index in [0.717, 1.165) is 11.4 Å². The molecule has 2 rings (SSSR count). The molecule has 0 radical (unpaired) electrons. The smallest absolute Gasteiger partial charge is 0.321 e. The highest BCUT2D eigenvalue weighted by molar-refractivity contribution is 5.74. The maximum absolute atomic E-state index is 10.6. The normalized spacial score (nSPS) is 18.7. The summed E-state index contributed by atoms with van der Waals surface area (Å²) in [5.74, 6) is -0.816. The van der Waals surface area contributed by atoms with Gasteiger partial charge in [0.25, 0.3) is 0 Å². The molecule has 0 saturated heterocycles. The van der Waals surface area contributed by atoms with Crippen LogP contribution in [0.2, 0.25) is 0 Å². The molecule has 7 heteroatoms. The van der Waals surface area contributed by atoms with E-state index in [1.165, 1.54) is 0 Å². The summed E-state index contributed by atoms with van der Waals surface area (Å²) in [6, 6.07) is -0.485. The topological polar surface area (TPSA) is 141 Å². The fraction of sp³-hybridized carbons (Fsp3) is 0.429. The highest BCUT2D eigenvalue weighted by Crippen LogP contribution is 2.11. The number of H-pyrrole nitrogens is 1. The molecule has 14 heavy (non-hydrogen) atoms. The van der Waals surface area contributed by atoms with Gasteiger partial charge in [0.1, 0.15) is 6.04 Å². The molecule has 1 aromatic rings. The number of nitrogens with one attached hydrogen (secondary N) is 2. The number of carbonyl (C=O) groups is 1. The van der Waals surface area contributed by atoms with Gasteiger partial charge in [-0.05, 0) is 0 Å². The standard InChI is InChI=1S/C7H9N3O2.2H2O/c11-7(12)5-1-4-6(2-8-5)10-3-9-4;;/h3,5,8H,1-2H2,(H,9,10)(H,11,12);2*1H2. The minimum absolute atomic E-state index is 0. The van der Waals surface area contributed by atoms with Crippen LogP contribution in [0.4, 0.5) is 0 Å². The molecule has 1 aromatic heterocycles. The number of imidazole rings is 1. The molecule has 0 saturated carbocycles. The number of hydrogen-bond donors (Lipinski definition) is 3. The lowest BCUT2D eigenvalue weighted by Crippen LogP contribution is -2.41. The van der Waals surface area contributed by atoms with Crippen LogP contribution in [0, 0.1) is 0 Å². The van der Waals surface area contributed by atoms with Crippen LogP contribution in [0.3, 0.4) is 0 Å². The van der Waals surface area contributed by atoms with Crippen LogP contribution in [0.25, 0.3) is 0 Å². The third kappa shape index (κ3) is 2.08. The number of rotatable bonds is 1. The summed E-state index contributed by atoms with van der Waals surface area (Å²) < 4.78 is 0. The molecular formula is C7H13N3O4. The second-order valence-electron chi connectivity index (χ2n) is 2.80. The molecular weight excluding hydrogens is 190 g/mol. The Morgan fingerprint density at radius 2 is 2.29 bits per heavy atom. The molecule has 7 N–H and O–H groups in total. The lowest BCUT2D eigenvalue weighted by molar-refractivity contribution is -0.139. The number of hydrogen-bond acceptors (Lipinski definition) is 3. The minimum Gasteiger partial charge on any atom is -0.480 e. The quantitative estimate of drug-likeness (QED) is 0.478. The van der Waals surface area contributed by atoms with Gasteiger partial charge in [0, 0.05) is 13.0 Å². The van der Waals surface area contributed by atoms with Crippen LogP contribution in [0.15, 0.2) is 6.33 Å². The maximum atomic E-state index is 10.6. The first-order valence-corrected chi connectivity index (χ1v) is 3.74. The summed E-state index contributed by atoms with van der Waals surface area (Å²) in [5.41, 5.74) is 1.86. The minimum atomic E-state index is -0.816. The number of nitrogens with zero attached hydrogens (tertiary/aromatic N) is 1. The molecule has 2 heterocycles. The SMILES string of the molecule is O.O.O=C(O)C1Cc2nc[nH]c2CN1. The Kier molecular flexibility index (Phi) is 4.22. The second kappa shape index (κ2) is 4.70. The lowest BCUT2D eigenvalue weighted by atomic mass is 10.1. The Balaban J connectivity index is 0.000000845. The number of aromatic amines is 1. The number of fused-ring (bicyclic) bond motifs is 1. The van der Waals surface area contributed by atoms with Crippen LogP contribution in [-0.4, -0.2) is 38.0 Å². The molecule has 80 valence electrons. The average Bonchev–Trinajstić information content (AvgIpc) is 2.49. The van der Waals surface area contributed by atoms with Crippen molar-refractivity contribution in [2.24, 2.45) is 0 Å². The molecule has 0 bridgehead atoms. The molecule has 1 aliphatic heterocycles. The van der Waals surface area contributed by atoms with Crippen LogP contribution >= 0.6 is 0 Å². The zero-order chi connectivity index (χ0) is 8.55. The molecule has 0 spiro atoms. The van der Waals surface area contributed by atoms with Gasteiger partial charge in [-0.25, -0.2) is 4.98 Å². The molecule has 0 fully saturated rings. The number of carboxylic acid groups (broad SMARTS) is 1. The van der Waals surface area contributed by atoms with Crippen molar-refractivity contribution >= 4 is 5.97 Å². The van der Waals surface area contributed by atoms with E-state index < -0.39 is 12.0 Å². The highest BCUT2D eigenvalue weighted by atomic mass is 16.4. The summed E-state index contributed by atoms with van der Waals surface area (Å²) in [7, 11) is 0. The van der Waals surface area contributed by atoms with Crippen LogP contribution in [-0.2, 0) is 17.8 Å². The molecule has 7 nitrogen and oxygen atoms in total. The fourth-order valence-electron chi connectivity index (χ4n) is 1.34. The Morgan fingerprint density at radius 1 is 1.57 bits per heavy atom.